The van der Waals surface area contributed by atoms with E-state index in [-0.39, 0.29) is 0 Å². The molecule has 1 aromatic carbocycles. The number of hydrogen-bond acceptors (Lipinski definition) is 4. The summed E-state index contributed by atoms with van der Waals surface area (Å²) >= 11 is 2.05. The molecular weight excluding hydrogens is 282 g/mol. The maximum absolute atomic E-state index is 5.25. The fourth-order valence-corrected chi connectivity index (χ4v) is 3.62. The van der Waals surface area contributed by atoms with Crippen molar-refractivity contribution >= 4 is 11.8 Å². The van der Waals surface area contributed by atoms with E-state index in [4.69, 9.17) is 4.74 Å². The summed E-state index contributed by atoms with van der Waals surface area (Å²) in [6, 6.07) is 8.58. The van der Waals surface area contributed by atoms with Crippen LogP contribution < -0.4 is 10.1 Å². The van der Waals surface area contributed by atoms with Gasteiger partial charge in [-0.05, 0) is 30.7 Å². The molecule has 3 rings (SSSR count). The van der Waals surface area contributed by atoms with Crippen molar-refractivity contribution in [3.63, 3.8) is 0 Å². The van der Waals surface area contributed by atoms with Crippen molar-refractivity contribution in [3.05, 3.63) is 42.2 Å². The van der Waals surface area contributed by atoms with E-state index < -0.39 is 0 Å². The lowest BCUT2D eigenvalue weighted by Crippen LogP contribution is -2.33. The van der Waals surface area contributed by atoms with Crippen LogP contribution in [-0.4, -0.2) is 34.4 Å². The van der Waals surface area contributed by atoms with Gasteiger partial charge < -0.3 is 10.1 Å². The third kappa shape index (κ3) is 3.80. The first-order valence-corrected chi connectivity index (χ1v) is 8.50. The summed E-state index contributed by atoms with van der Waals surface area (Å²) in [4.78, 5) is 0. The number of hydrogen-bond donors (Lipinski definition) is 1. The lowest BCUT2D eigenvalue weighted by Gasteiger charge is -2.22. The van der Waals surface area contributed by atoms with Crippen molar-refractivity contribution in [2.45, 2.75) is 25.4 Å². The van der Waals surface area contributed by atoms with E-state index in [9.17, 15) is 0 Å². The molecule has 112 valence electrons. The minimum Gasteiger partial charge on any atom is -0.497 e. The molecular formula is C16H21N3OS. The molecule has 0 bridgehead atoms. The summed E-state index contributed by atoms with van der Waals surface area (Å²) in [5.41, 5.74) is 2.24. The lowest BCUT2D eigenvalue weighted by atomic mass is 10.2. The second-order valence-electron chi connectivity index (χ2n) is 5.29. The van der Waals surface area contributed by atoms with Gasteiger partial charge in [0.05, 0.1) is 19.0 Å². The van der Waals surface area contributed by atoms with Gasteiger partial charge in [-0.2, -0.15) is 16.9 Å². The van der Waals surface area contributed by atoms with E-state index >= 15 is 0 Å². The molecule has 1 aliphatic heterocycles. The van der Waals surface area contributed by atoms with Crippen LogP contribution in [0, 0.1) is 0 Å². The molecule has 21 heavy (non-hydrogen) atoms. The van der Waals surface area contributed by atoms with Crippen LogP contribution in [0.25, 0.3) is 5.69 Å². The normalized spacial score (nSPS) is 18.6. The van der Waals surface area contributed by atoms with Crippen molar-refractivity contribution in [1.29, 1.82) is 0 Å². The van der Waals surface area contributed by atoms with Crippen LogP contribution >= 0.6 is 11.8 Å². The monoisotopic (exact) mass is 303 g/mol. The van der Waals surface area contributed by atoms with E-state index in [1.165, 1.54) is 29.9 Å². The molecule has 0 unspecified atom stereocenters. The molecule has 1 aromatic heterocycles. The predicted octanol–water partition coefficient (Wildman–Crippen LogP) is 2.87. The molecule has 4 nitrogen and oxygen atoms in total. The lowest BCUT2D eigenvalue weighted by molar-refractivity contribution is 0.414. The van der Waals surface area contributed by atoms with Crippen molar-refractivity contribution in [1.82, 2.24) is 15.1 Å². The van der Waals surface area contributed by atoms with Gasteiger partial charge in [0.15, 0.2) is 0 Å². The zero-order valence-corrected chi connectivity index (χ0v) is 13.1. The minimum atomic E-state index is 0.643. The van der Waals surface area contributed by atoms with Gasteiger partial charge in [-0.25, -0.2) is 4.68 Å². The number of rotatable bonds is 5. The largest absolute Gasteiger partial charge is 0.497 e. The van der Waals surface area contributed by atoms with E-state index in [2.05, 4.69) is 16.6 Å². The summed E-state index contributed by atoms with van der Waals surface area (Å²) in [6.07, 6.45) is 6.63. The van der Waals surface area contributed by atoms with E-state index in [0.717, 1.165) is 18.0 Å². The maximum Gasteiger partial charge on any atom is 0.121 e. The highest BCUT2D eigenvalue weighted by atomic mass is 32.2. The molecule has 0 spiro atoms. The first kappa shape index (κ1) is 14.5. The highest BCUT2D eigenvalue weighted by molar-refractivity contribution is 7.99. The summed E-state index contributed by atoms with van der Waals surface area (Å²) in [5.74, 6) is 3.39. The van der Waals surface area contributed by atoms with E-state index in [1.807, 2.05) is 46.9 Å². The Morgan fingerprint density at radius 2 is 2.43 bits per heavy atom. The Morgan fingerprint density at radius 1 is 1.48 bits per heavy atom. The molecule has 1 fully saturated rings. The third-order valence-electron chi connectivity index (χ3n) is 3.71. The van der Waals surface area contributed by atoms with Gasteiger partial charge in [0.1, 0.15) is 5.75 Å². The first-order chi connectivity index (χ1) is 10.3. The Kier molecular flexibility index (Phi) is 4.83. The molecule has 1 atom stereocenters. The SMILES string of the molecule is COc1cccc(-n2cc(CN[C@@H]3CCCSC3)cn2)c1. The molecule has 2 heterocycles. The fraction of sp³-hybridized carbons (Fsp3) is 0.438. The number of thioether (sulfide) groups is 1. The van der Waals surface area contributed by atoms with Crippen molar-refractivity contribution in [2.24, 2.45) is 0 Å². The van der Waals surface area contributed by atoms with Crippen LogP contribution in [-0.2, 0) is 6.54 Å². The average Bonchev–Trinajstić information content (AvgIpc) is 3.03. The smallest absolute Gasteiger partial charge is 0.121 e. The maximum atomic E-state index is 5.25. The van der Waals surface area contributed by atoms with Gasteiger partial charge in [0, 0.05) is 36.2 Å². The quantitative estimate of drug-likeness (QED) is 0.922. The van der Waals surface area contributed by atoms with Crippen molar-refractivity contribution < 1.29 is 4.74 Å². The Bertz CT molecular complexity index is 578. The molecule has 0 saturated carbocycles. The third-order valence-corrected chi connectivity index (χ3v) is 4.92. The zero-order chi connectivity index (χ0) is 14.5. The summed E-state index contributed by atoms with van der Waals surface area (Å²) in [6.45, 7) is 0.884. The molecule has 0 amide bonds. The van der Waals surface area contributed by atoms with Gasteiger partial charge in [-0.15, -0.1) is 0 Å². The molecule has 1 saturated heterocycles. The molecule has 1 aliphatic rings. The first-order valence-electron chi connectivity index (χ1n) is 7.34. The second-order valence-corrected chi connectivity index (χ2v) is 6.44. The summed E-state index contributed by atoms with van der Waals surface area (Å²) in [7, 11) is 1.68. The predicted molar refractivity (Wildman–Crippen MR) is 87.3 cm³/mol. The summed E-state index contributed by atoms with van der Waals surface area (Å²) in [5, 5.41) is 8.07. The van der Waals surface area contributed by atoms with E-state index in [1.54, 1.807) is 7.11 Å². The molecule has 5 heteroatoms. The van der Waals surface area contributed by atoms with E-state index in [0.29, 0.717) is 6.04 Å². The standard InChI is InChI=1S/C16H21N3OS/c1-20-16-6-2-5-15(8-16)19-11-13(10-18-19)9-17-14-4-3-7-21-12-14/h2,5-6,8,10-11,14,17H,3-4,7,9,12H2,1H3/t14-/m1/s1. The average molecular weight is 303 g/mol. The minimum absolute atomic E-state index is 0.643. The van der Waals surface area contributed by atoms with Crippen LogP contribution in [0.4, 0.5) is 0 Å². The molecule has 2 aromatic rings. The van der Waals surface area contributed by atoms with Crippen molar-refractivity contribution in [2.75, 3.05) is 18.6 Å². The van der Waals surface area contributed by atoms with Crippen LogP contribution in [0.5, 0.6) is 5.75 Å². The van der Waals surface area contributed by atoms with Crippen LogP contribution in [0.2, 0.25) is 0 Å². The molecule has 1 N–H and O–H groups in total. The molecule has 0 radical (unpaired) electrons. The Morgan fingerprint density at radius 3 is 3.24 bits per heavy atom. The highest BCUT2D eigenvalue weighted by Crippen LogP contribution is 2.18. The number of benzene rings is 1. The molecule has 0 aliphatic carbocycles. The van der Waals surface area contributed by atoms with Gasteiger partial charge in [-0.3, -0.25) is 0 Å². The van der Waals surface area contributed by atoms with Crippen LogP contribution in [0.1, 0.15) is 18.4 Å². The Balaban J connectivity index is 1.62. The second kappa shape index (κ2) is 7.00. The fourth-order valence-electron chi connectivity index (χ4n) is 2.51. The van der Waals surface area contributed by atoms with Gasteiger partial charge in [-0.1, -0.05) is 6.07 Å². The number of aromatic nitrogens is 2. The van der Waals surface area contributed by atoms with Crippen LogP contribution in [0.3, 0.4) is 0 Å². The zero-order valence-electron chi connectivity index (χ0n) is 12.3. The summed E-state index contributed by atoms with van der Waals surface area (Å²) < 4.78 is 7.15. The number of nitrogens with zero attached hydrogens (tertiary/aromatic N) is 2. The van der Waals surface area contributed by atoms with Crippen molar-refractivity contribution in [3.8, 4) is 11.4 Å². The van der Waals surface area contributed by atoms with Gasteiger partial charge in [0.25, 0.3) is 0 Å². The Hall–Kier alpha value is -1.46. The van der Waals surface area contributed by atoms with Crippen LogP contribution in [0.15, 0.2) is 36.7 Å². The Labute approximate surface area is 129 Å². The number of ether oxygens (including phenoxy) is 1. The highest BCUT2D eigenvalue weighted by Gasteiger charge is 2.13. The topological polar surface area (TPSA) is 39.1 Å². The van der Waals surface area contributed by atoms with Gasteiger partial charge >= 0.3 is 0 Å². The number of methoxy groups -OCH3 is 1. The number of nitrogens with one attached hydrogen (secondary N) is 1. The van der Waals surface area contributed by atoms with Gasteiger partial charge in [0.2, 0.25) is 0 Å².